The van der Waals surface area contributed by atoms with Crippen LogP contribution < -0.4 is 0 Å². The summed E-state index contributed by atoms with van der Waals surface area (Å²) >= 11 is 1.87. The van der Waals surface area contributed by atoms with Crippen LogP contribution in [0.2, 0.25) is 0 Å². The van der Waals surface area contributed by atoms with Gasteiger partial charge >= 0.3 is 0 Å². The molecular weight excluding hydrogens is 484 g/mol. The second kappa shape index (κ2) is 10.7. The number of nitrogens with one attached hydrogen (secondary N) is 1. The monoisotopic (exact) mass is 514 g/mol. The highest BCUT2D eigenvalue weighted by Gasteiger charge is 2.39. The van der Waals surface area contributed by atoms with Crippen LogP contribution in [-0.4, -0.2) is 25.5 Å². The van der Waals surface area contributed by atoms with E-state index in [0.717, 1.165) is 44.6 Å². The number of aromatic nitrogens is 4. The Bertz CT molecular complexity index is 1520. The highest BCUT2D eigenvalue weighted by atomic mass is 32.2. The van der Waals surface area contributed by atoms with E-state index >= 15 is 0 Å². The molecule has 188 valence electrons. The smallest absolute Gasteiger partial charge is 0.138 e. The molecule has 0 aliphatic heterocycles. The lowest BCUT2D eigenvalue weighted by atomic mass is 9.77. The standard InChI is InChI=1S/C33H30N4S/c1-2-3-19-38-29-20-30-31(23-35-32(30)34-22-29)25-21-36-37(24-25)33(26-13-7-4-8-14-26,27-15-9-5-10-16-27)28-17-11-6-12-18-28/h4-18,20-24H,2-3,19H2,1H3,(H,34,35). The lowest BCUT2D eigenvalue weighted by molar-refractivity contribution is 0.460. The molecule has 4 nitrogen and oxygen atoms in total. The first kappa shape index (κ1) is 24.3. The number of rotatable bonds is 9. The van der Waals surface area contributed by atoms with Crippen LogP contribution in [0.25, 0.3) is 22.2 Å². The molecule has 1 N–H and O–H groups in total. The number of pyridine rings is 1. The summed E-state index contributed by atoms with van der Waals surface area (Å²) in [6.07, 6.45) is 10.6. The lowest BCUT2D eigenvalue weighted by Gasteiger charge is -2.36. The van der Waals surface area contributed by atoms with Crippen molar-refractivity contribution in [3.8, 4) is 11.1 Å². The van der Waals surface area contributed by atoms with Crippen molar-refractivity contribution in [2.24, 2.45) is 0 Å². The Balaban J connectivity index is 1.52. The molecular formula is C33H30N4S. The summed E-state index contributed by atoms with van der Waals surface area (Å²) in [5.74, 6) is 1.11. The van der Waals surface area contributed by atoms with Gasteiger partial charge in [0.25, 0.3) is 0 Å². The summed E-state index contributed by atoms with van der Waals surface area (Å²) in [6, 6.07) is 34.2. The quantitative estimate of drug-likeness (QED) is 0.120. The van der Waals surface area contributed by atoms with Crippen LogP contribution in [0.1, 0.15) is 36.5 Å². The zero-order chi connectivity index (χ0) is 25.8. The van der Waals surface area contributed by atoms with E-state index < -0.39 is 5.54 Å². The van der Waals surface area contributed by atoms with Crippen molar-refractivity contribution in [3.63, 3.8) is 0 Å². The Morgan fingerprint density at radius 3 is 2.00 bits per heavy atom. The number of aromatic amines is 1. The molecule has 38 heavy (non-hydrogen) atoms. The van der Waals surface area contributed by atoms with Crippen molar-refractivity contribution in [2.45, 2.75) is 30.2 Å². The molecule has 5 heteroatoms. The normalized spacial score (nSPS) is 11.7. The van der Waals surface area contributed by atoms with Gasteiger partial charge in [-0.25, -0.2) is 4.98 Å². The molecule has 0 atom stereocenters. The van der Waals surface area contributed by atoms with Gasteiger partial charge in [0.2, 0.25) is 0 Å². The minimum Gasteiger partial charge on any atom is -0.346 e. The van der Waals surface area contributed by atoms with Crippen LogP contribution in [0, 0.1) is 0 Å². The van der Waals surface area contributed by atoms with Crippen molar-refractivity contribution in [3.05, 3.63) is 139 Å². The maximum absolute atomic E-state index is 5.04. The van der Waals surface area contributed by atoms with Crippen LogP contribution >= 0.6 is 11.8 Å². The third-order valence-corrected chi connectivity index (χ3v) is 8.13. The molecule has 0 saturated carbocycles. The summed E-state index contributed by atoms with van der Waals surface area (Å²) in [5.41, 5.74) is 5.90. The maximum Gasteiger partial charge on any atom is 0.138 e. The number of unbranched alkanes of at least 4 members (excludes halogenated alkanes) is 1. The Morgan fingerprint density at radius 1 is 0.816 bits per heavy atom. The van der Waals surface area contributed by atoms with Crippen LogP contribution in [0.15, 0.2) is 127 Å². The second-order valence-corrected chi connectivity index (χ2v) is 10.6. The van der Waals surface area contributed by atoms with Gasteiger partial charge in [-0.2, -0.15) is 5.10 Å². The largest absolute Gasteiger partial charge is 0.346 e. The van der Waals surface area contributed by atoms with E-state index in [9.17, 15) is 0 Å². The van der Waals surface area contributed by atoms with Gasteiger partial charge in [-0.05, 0) is 34.9 Å². The highest BCUT2D eigenvalue weighted by Crippen LogP contribution is 2.41. The summed E-state index contributed by atoms with van der Waals surface area (Å²) < 4.78 is 2.12. The Kier molecular flexibility index (Phi) is 6.84. The van der Waals surface area contributed by atoms with Crippen molar-refractivity contribution >= 4 is 22.8 Å². The Morgan fingerprint density at radius 2 is 1.42 bits per heavy atom. The minimum absolute atomic E-state index is 0.631. The molecule has 0 spiro atoms. The van der Waals surface area contributed by atoms with Gasteiger partial charge in [-0.1, -0.05) is 104 Å². The summed E-state index contributed by atoms with van der Waals surface area (Å²) in [5, 5.41) is 6.16. The molecule has 0 radical (unpaired) electrons. The average Bonchev–Trinajstić information content (AvgIpc) is 3.63. The number of benzene rings is 3. The van der Waals surface area contributed by atoms with Crippen molar-refractivity contribution in [1.82, 2.24) is 19.7 Å². The molecule has 3 aromatic carbocycles. The minimum atomic E-state index is -0.631. The second-order valence-electron chi connectivity index (χ2n) is 9.45. The van der Waals surface area contributed by atoms with Crippen LogP contribution in [0.5, 0.6) is 0 Å². The molecule has 0 amide bonds. The maximum atomic E-state index is 5.04. The topological polar surface area (TPSA) is 46.5 Å². The van der Waals surface area contributed by atoms with Crippen LogP contribution in [0.3, 0.4) is 0 Å². The van der Waals surface area contributed by atoms with Crippen molar-refractivity contribution in [1.29, 1.82) is 0 Å². The zero-order valence-corrected chi connectivity index (χ0v) is 22.2. The van der Waals surface area contributed by atoms with Crippen LogP contribution in [-0.2, 0) is 5.54 Å². The van der Waals surface area contributed by atoms with Crippen molar-refractivity contribution < 1.29 is 0 Å². The fourth-order valence-corrected chi connectivity index (χ4v) is 6.21. The zero-order valence-electron chi connectivity index (χ0n) is 21.4. The number of H-pyrrole nitrogens is 1. The SMILES string of the molecule is CCCCSc1cnc2[nH]cc(-c3cnn(C(c4ccccc4)(c4ccccc4)c4ccccc4)c3)c2c1. The number of hydrogen-bond donors (Lipinski definition) is 1. The van der Waals surface area contributed by atoms with E-state index in [0.29, 0.717) is 0 Å². The molecule has 6 aromatic rings. The van der Waals surface area contributed by atoms with E-state index in [1.165, 1.54) is 17.7 Å². The van der Waals surface area contributed by atoms with Gasteiger partial charge in [0.1, 0.15) is 11.2 Å². The molecule has 3 aromatic heterocycles. The number of hydrogen-bond acceptors (Lipinski definition) is 3. The van der Waals surface area contributed by atoms with E-state index in [1.807, 2.05) is 24.2 Å². The fourth-order valence-electron chi connectivity index (χ4n) is 5.22. The summed E-state index contributed by atoms with van der Waals surface area (Å²) in [4.78, 5) is 9.27. The highest BCUT2D eigenvalue weighted by molar-refractivity contribution is 7.99. The Labute approximate surface area is 227 Å². The summed E-state index contributed by atoms with van der Waals surface area (Å²) in [6.45, 7) is 2.23. The summed E-state index contributed by atoms with van der Waals surface area (Å²) in [7, 11) is 0. The van der Waals surface area contributed by atoms with Crippen molar-refractivity contribution in [2.75, 3.05) is 5.75 Å². The molecule has 0 aliphatic rings. The van der Waals surface area contributed by atoms with Gasteiger partial charge in [0, 0.05) is 40.0 Å². The molecule has 6 rings (SSSR count). The number of fused-ring (bicyclic) bond motifs is 1. The fraction of sp³-hybridized carbons (Fsp3) is 0.152. The van der Waals surface area contributed by atoms with Crippen LogP contribution in [0.4, 0.5) is 0 Å². The average molecular weight is 515 g/mol. The van der Waals surface area contributed by atoms with Gasteiger partial charge in [-0.15, -0.1) is 11.8 Å². The molecule has 0 fully saturated rings. The Hall–Kier alpha value is -4.09. The molecule has 0 bridgehead atoms. The van der Waals surface area contributed by atoms with E-state index in [-0.39, 0.29) is 0 Å². The predicted octanol–water partition coefficient (Wildman–Crippen LogP) is 8.16. The molecule has 0 aliphatic carbocycles. The molecule has 0 unspecified atom stereocenters. The van der Waals surface area contributed by atoms with Gasteiger partial charge in [0.05, 0.1) is 6.20 Å². The molecule has 3 heterocycles. The number of nitrogens with zero attached hydrogens (tertiary/aromatic N) is 3. The third-order valence-electron chi connectivity index (χ3n) is 7.08. The number of thioether (sulfide) groups is 1. The van der Waals surface area contributed by atoms with E-state index in [1.54, 1.807) is 0 Å². The predicted molar refractivity (Wildman–Crippen MR) is 158 cm³/mol. The first-order valence-corrected chi connectivity index (χ1v) is 14.1. The van der Waals surface area contributed by atoms with Gasteiger partial charge in [-0.3, -0.25) is 4.68 Å². The van der Waals surface area contributed by atoms with Gasteiger partial charge in [0.15, 0.2) is 0 Å². The first-order chi connectivity index (χ1) is 18.8. The lowest BCUT2D eigenvalue weighted by Crippen LogP contribution is -2.38. The third kappa shape index (κ3) is 4.33. The molecule has 0 saturated heterocycles. The first-order valence-electron chi connectivity index (χ1n) is 13.1. The van der Waals surface area contributed by atoms with E-state index in [4.69, 9.17) is 10.1 Å². The van der Waals surface area contributed by atoms with Gasteiger partial charge < -0.3 is 4.98 Å². The van der Waals surface area contributed by atoms with E-state index in [2.05, 4.69) is 126 Å².